The summed E-state index contributed by atoms with van der Waals surface area (Å²) in [6.45, 7) is 4.34. The van der Waals surface area contributed by atoms with E-state index in [1.54, 1.807) is 6.92 Å². The number of aromatic nitrogens is 1. The van der Waals surface area contributed by atoms with E-state index < -0.39 is 0 Å². The highest BCUT2D eigenvalue weighted by Crippen LogP contribution is 2.19. The highest BCUT2D eigenvalue weighted by molar-refractivity contribution is 9.10. The maximum atomic E-state index is 11.3. The lowest BCUT2D eigenvalue weighted by atomic mass is 10.3. The second-order valence-electron chi connectivity index (χ2n) is 2.74. The zero-order valence-corrected chi connectivity index (χ0v) is 10.4. The Bertz CT molecular complexity index is 315. The number of likely N-dealkylation sites (N-methyl/N-ethyl adjacent to an activating group) is 1. The first-order valence-electron chi connectivity index (χ1n) is 4.28. The van der Waals surface area contributed by atoms with Crippen LogP contribution < -0.4 is 10.6 Å². The van der Waals surface area contributed by atoms with Crippen molar-refractivity contribution in [2.45, 2.75) is 19.9 Å². The van der Waals surface area contributed by atoms with Crippen molar-refractivity contribution in [2.75, 3.05) is 11.9 Å². The number of anilines is 1. The van der Waals surface area contributed by atoms with Crippen LogP contribution in [0.15, 0.2) is 9.98 Å². The van der Waals surface area contributed by atoms with Crippen LogP contribution in [0.2, 0.25) is 0 Å². The summed E-state index contributed by atoms with van der Waals surface area (Å²) in [4.78, 5) is 15.5. The summed E-state index contributed by atoms with van der Waals surface area (Å²) < 4.78 is 0.785. The Kier molecular flexibility index (Phi) is 4.34. The first kappa shape index (κ1) is 11.5. The maximum Gasteiger partial charge on any atom is 0.242 e. The molecule has 0 fully saturated rings. The maximum absolute atomic E-state index is 11.3. The lowest BCUT2D eigenvalue weighted by Gasteiger charge is -2.11. The van der Waals surface area contributed by atoms with Gasteiger partial charge in [-0.15, -0.1) is 11.3 Å². The van der Waals surface area contributed by atoms with E-state index in [1.165, 1.54) is 11.3 Å². The Balaban J connectivity index is 2.48. The molecule has 0 saturated carbocycles. The molecule has 1 unspecified atom stereocenters. The number of carbonyl (C=O) groups is 1. The van der Waals surface area contributed by atoms with E-state index in [0.717, 1.165) is 9.73 Å². The number of rotatable bonds is 4. The quantitative estimate of drug-likeness (QED) is 0.883. The molecule has 0 aliphatic heterocycles. The molecule has 1 rings (SSSR count). The number of carbonyl (C=O) groups excluding carboxylic acids is 1. The highest BCUT2D eigenvalue weighted by Gasteiger charge is 2.12. The Morgan fingerprint density at radius 1 is 1.79 bits per heavy atom. The largest absolute Gasteiger partial charge is 0.355 e. The average Bonchev–Trinajstić information content (AvgIpc) is 2.51. The second kappa shape index (κ2) is 5.31. The molecule has 0 saturated heterocycles. The molecule has 6 heteroatoms. The third kappa shape index (κ3) is 3.26. The Hall–Kier alpha value is -0.620. The molecule has 2 N–H and O–H groups in total. The summed E-state index contributed by atoms with van der Waals surface area (Å²) in [7, 11) is 0. The van der Waals surface area contributed by atoms with Crippen LogP contribution in [0.3, 0.4) is 0 Å². The van der Waals surface area contributed by atoms with Crippen LogP contribution in [0.1, 0.15) is 13.8 Å². The topological polar surface area (TPSA) is 54.0 Å². The SMILES string of the molecule is CCNC(=O)C(C)Nc1nc(Br)cs1. The van der Waals surface area contributed by atoms with Crippen LogP contribution in [0.4, 0.5) is 5.13 Å². The van der Waals surface area contributed by atoms with Crippen molar-refractivity contribution in [3.63, 3.8) is 0 Å². The van der Waals surface area contributed by atoms with E-state index in [-0.39, 0.29) is 11.9 Å². The Labute approximate surface area is 95.2 Å². The van der Waals surface area contributed by atoms with E-state index in [4.69, 9.17) is 0 Å². The molecule has 1 aromatic rings. The summed E-state index contributed by atoms with van der Waals surface area (Å²) in [5, 5.41) is 8.36. The summed E-state index contributed by atoms with van der Waals surface area (Å²) in [6, 6.07) is -0.256. The van der Waals surface area contributed by atoms with Gasteiger partial charge in [-0.05, 0) is 29.8 Å². The zero-order valence-electron chi connectivity index (χ0n) is 8.00. The average molecular weight is 278 g/mol. The van der Waals surface area contributed by atoms with E-state index in [1.807, 2.05) is 12.3 Å². The van der Waals surface area contributed by atoms with Gasteiger partial charge in [-0.25, -0.2) is 4.98 Å². The first-order valence-corrected chi connectivity index (χ1v) is 5.96. The molecule has 1 atom stereocenters. The van der Waals surface area contributed by atoms with Gasteiger partial charge in [-0.2, -0.15) is 0 Å². The van der Waals surface area contributed by atoms with Crippen molar-refractivity contribution in [3.8, 4) is 0 Å². The van der Waals surface area contributed by atoms with E-state index in [9.17, 15) is 4.79 Å². The minimum absolute atomic E-state index is 0.0150. The molecule has 0 bridgehead atoms. The fourth-order valence-electron chi connectivity index (χ4n) is 0.899. The van der Waals surface area contributed by atoms with Crippen LogP contribution in [0, 0.1) is 0 Å². The fourth-order valence-corrected chi connectivity index (χ4v) is 2.13. The van der Waals surface area contributed by atoms with Gasteiger partial charge in [0.25, 0.3) is 0 Å². The van der Waals surface area contributed by atoms with Crippen molar-refractivity contribution in [3.05, 3.63) is 9.98 Å². The molecule has 1 amide bonds. The molecule has 4 nitrogen and oxygen atoms in total. The van der Waals surface area contributed by atoms with Crippen molar-refractivity contribution < 1.29 is 4.79 Å². The molecule has 1 heterocycles. The zero-order chi connectivity index (χ0) is 10.6. The molecule has 14 heavy (non-hydrogen) atoms. The van der Waals surface area contributed by atoms with Gasteiger partial charge in [-0.1, -0.05) is 0 Å². The predicted molar refractivity (Wildman–Crippen MR) is 61.6 cm³/mol. The molecular formula is C8H12BrN3OS. The van der Waals surface area contributed by atoms with E-state index in [2.05, 4.69) is 31.5 Å². The second-order valence-corrected chi connectivity index (χ2v) is 4.41. The minimum atomic E-state index is -0.256. The van der Waals surface area contributed by atoms with Crippen LogP contribution in [-0.2, 0) is 4.79 Å². The summed E-state index contributed by atoms with van der Waals surface area (Å²) in [5.41, 5.74) is 0. The van der Waals surface area contributed by atoms with Crippen molar-refractivity contribution in [2.24, 2.45) is 0 Å². The molecule has 0 aliphatic carbocycles. The lowest BCUT2D eigenvalue weighted by molar-refractivity contribution is -0.121. The predicted octanol–water partition coefficient (Wildman–Crippen LogP) is 1.84. The normalized spacial score (nSPS) is 12.2. The van der Waals surface area contributed by atoms with Crippen LogP contribution in [0.25, 0.3) is 0 Å². The monoisotopic (exact) mass is 277 g/mol. The number of nitrogens with one attached hydrogen (secondary N) is 2. The number of thiazole rings is 1. The number of hydrogen-bond acceptors (Lipinski definition) is 4. The molecular weight excluding hydrogens is 266 g/mol. The molecule has 0 aliphatic rings. The first-order chi connectivity index (χ1) is 6.63. The van der Waals surface area contributed by atoms with Gasteiger partial charge in [-0.3, -0.25) is 4.79 Å². The standard InChI is InChI=1S/C8H12BrN3OS/c1-3-10-7(13)5(2)11-8-12-6(9)4-14-8/h4-5H,3H2,1-2H3,(H,10,13)(H,11,12). The van der Waals surface area contributed by atoms with Crippen LogP contribution in [0.5, 0.6) is 0 Å². The molecule has 0 aromatic carbocycles. The van der Waals surface area contributed by atoms with Crippen molar-refractivity contribution >= 4 is 38.3 Å². The Morgan fingerprint density at radius 2 is 2.50 bits per heavy atom. The van der Waals surface area contributed by atoms with Gasteiger partial charge in [0.1, 0.15) is 10.6 Å². The summed E-state index contributed by atoms with van der Waals surface area (Å²) >= 11 is 4.71. The van der Waals surface area contributed by atoms with E-state index >= 15 is 0 Å². The fraction of sp³-hybridized carbons (Fsp3) is 0.500. The van der Waals surface area contributed by atoms with Crippen LogP contribution >= 0.6 is 27.3 Å². The summed E-state index contributed by atoms with van der Waals surface area (Å²) in [5.74, 6) is -0.0150. The third-order valence-electron chi connectivity index (χ3n) is 1.56. The minimum Gasteiger partial charge on any atom is -0.355 e. The van der Waals surface area contributed by atoms with Gasteiger partial charge < -0.3 is 10.6 Å². The highest BCUT2D eigenvalue weighted by atomic mass is 79.9. The third-order valence-corrected chi connectivity index (χ3v) is 3.04. The van der Waals surface area contributed by atoms with E-state index in [0.29, 0.717) is 6.54 Å². The molecule has 78 valence electrons. The number of nitrogens with zero attached hydrogens (tertiary/aromatic N) is 1. The van der Waals surface area contributed by atoms with Gasteiger partial charge in [0.05, 0.1) is 0 Å². The smallest absolute Gasteiger partial charge is 0.242 e. The number of halogens is 1. The molecule has 1 aromatic heterocycles. The Morgan fingerprint density at radius 3 is 3.00 bits per heavy atom. The van der Waals surface area contributed by atoms with Gasteiger partial charge in [0.15, 0.2) is 5.13 Å². The lowest BCUT2D eigenvalue weighted by Crippen LogP contribution is -2.37. The molecule has 0 radical (unpaired) electrons. The number of amides is 1. The van der Waals surface area contributed by atoms with Gasteiger partial charge in [0, 0.05) is 11.9 Å². The van der Waals surface area contributed by atoms with Gasteiger partial charge in [0.2, 0.25) is 5.91 Å². The van der Waals surface area contributed by atoms with Gasteiger partial charge >= 0.3 is 0 Å². The van der Waals surface area contributed by atoms with Crippen molar-refractivity contribution in [1.82, 2.24) is 10.3 Å². The number of hydrogen-bond donors (Lipinski definition) is 2. The van der Waals surface area contributed by atoms with Crippen molar-refractivity contribution in [1.29, 1.82) is 0 Å². The summed E-state index contributed by atoms with van der Waals surface area (Å²) in [6.07, 6.45) is 0. The van der Waals surface area contributed by atoms with Crippen LogP contribution in [-0.4, -0.2) is 23.5 Å². The molecule has 0 spiro atoms.